The van der Waals surface area contributed by atoms with Crippen molar-refractivity contribution in [2.45, 2.75) is 51.0 Å². The molecule has 4 aromatic rings. The van der Waals surface area contributed by atoms with Crippen molar-refractivity contribution in [2.75, 3.05) is 44.0 Å². The third kappa shape index (κ3) is 8.73. The maximum absolute atomic E-state index is 6.28. The van der Waals surface area contributed by atoms with E-state index >= 15 is 0 Å². The number of nitrogens with zero attached hydrogens (tertiary/aromatic N) is 3. The standard InChI is InChI=1S/C34H43N5O2/c1-39(2)33-31-15-9-10-16-32(31)37-34(38-33)36-29-19-17-26(18-20-29)21-35-22-30(41-24-28-13-7-4-8-14-28)25-40-23-27-11-5-3-6-12-27/h3-16,26,29-30,35H,17-25H2,1-2H3,(H,36,37,38)/t26-,29+,30-/m0/s1. The summed E-state index contributed by atoms with van der Waals surface area (Å²) in [5.41, 5.74) is 3.34. The highest BCUT2D eigenvalue weighted by Gasteiger charge is 2.22. The Balaban J connectivity index is 1.07. The van der Waals surface area contributed by atoms with Crippen molar-refractivity contribution in [1.82, 2.24) is 15.3 Å². The first-order chi connectivity index (χ1) is 20.1. The number of nitrogens with one attached hydrogen (secondary N) is 2. The zero-order chi connectivity index (χ0) is 28.3. The molecule has 41 heavy (non-hydrogen) atoms. The second-order valence-corrected chi connectivity index (χ2v) is 11.2. The third-order valence-corrected chi connectivity index (χ3v) is 7.74. The van der Waals surface area contributed by atoms with Crippen molar-refractivity contribution in [3.05, 3.63) is 96.1 Å². The van der Waals surface area contributed by atoms with Crippen LogP contribution in [0.1, 0.15) is 36.8 Å². The molecule has 5 rings (SSSR count). The van der Waals surface area contributed by atoms with E-state index in [4.69, 9.17) is 19.4 Å². The van der Waals surface area contributed by atoms with Crippen LogP contribution in [0.25, 0.3) is 10.9 Å². The van der Waals surface area contributed by atoms with Crippen molar-refractivity contribution in [3.63, 3.8) is 0 Å². The van der Waals surface area contributed by atoms with E-state index in [0.717, 1.165) is 48.6 Å². The molecule has 7 heteroatoms. The Morgan fingerprint density at radius 1 is 0.805 bits per heavy atom. The lowest BCUT2D eigenvalue weighted by Gasteiger charge is -2.30. The number of fused-ring (bicyclic) bond motifs is 1. The van der Waals surface area contributed by atoms with Gasteiger partial charge in [0.25, 0.3) is 0 Å². The van der Waals surface area contributed by atoms with Crippen LogP contribution in [0.15, 0.2) is 84.9 Å². The van der Waals surface area contributed by atoms with E-state index < -0.39 is 0 Å². The van der Waals surface area contributed by atoms with Gasteiger partial charge < -0.3 is 25.0 Å². The molecule has 0 radical (unpaired) electrons. The maximum atomic E-state index is 6.28. The molecule has 0 unspecified atom stereocenters. The first-order valence-corrected chi connectivity index (χ1v) is 14.8. The molecule has 2 N–H and O–H groups in total. The fourth-order valence-corrected chi connectivity index (χ4v) is 5.44. The van der Waals surface area contributed by atoms with Gasteiger partial charge in [-0.15, -0.1) is 0 Å². The highest BCUT2D eigenvalue weighted by molar-refractivity contribution is 5.90. The minimum atomic E-state index is -0.00660. The minimum Gasteiger partial charge on any atom is -0.374 e. The minimum absolute atomic E-state index is 0.00660. The quantitative estimate of drug-likeness (QED) is 0.197. The molecular weight excluding hydrogens is 510 g/mol. The van der Waals surface area contributed by atoms with E-state index in [1.807, 2.05) is 50.5 Å². The van der Waals surface area contributed by atoms with E-state index in [1.54, 1.807) is 0 Å². The van der Waals surface area contributed by atoms with E-state index in [2.05, 4.69) is 64.1 Å². The SMILES string of the molecule is CN(C)c1nc(N[C@H]2CC[C@@H](CNC[C@@H](COCc3ccccc3)OCc3ccccc3)CC2)nc2ccccc12. The van der Waals surface area contributed by atoms with Crippen molar-refractivity contribution >= 4 is 22.7 Å². The molecule has 1 aliphatic carbocycles. The van der Waals surface area contributed by atoms with E-state index in [9.17, 15) is 0 Å². The highest BCUT2D eigenvalue weighted by Crippen LogP contribution is 2.28. The van der Waals surface area contributed by atoms with Crippen LogP contribution in [0.5, 0.6) is 0 Å². The van der Waals surface area contributed by atoms with Crippen LogP contribution in [-0.4, -0.2) is 55.9 Å². The number of para-hydroxylation sites is 1. The van der Waals surface area contributed by atoms with Gasteiger partial charge in [-0.05, 0) is 61.4 Å². The Morgan fingerprint density at radius 2 is 1.46 bits per heavy atom. The molecule has 216 valence electrons. The van der Waals surface area contributed by atoms with Gasteiger partial charge >= 0.3 is 0 Å². The van der Waals surface area contributed by atoms with Gasteiger partial charge in [-0.1, -0.05) is 72.8 Å². The second-order valence-electron chi connectivity index (χ2n) is 11.2. The van der Waals surface area contributed by atoms with Gasteiger partial charge in [-0.3, -0.25) is 0 Å². The predicted molar refractivity (Wildman–Crippen MR) is 167 cm³/mol. The van der Waals surface area contributed by atoms with Crippen LogP contribution in [0.4, 0.5) is 11.8 Å². The van der Waals surface area contributed by atoms with Crippen LogP contribution >= 0.6 is 0 Å². The maximum Gasteiger partial charge on any atom is 0.225 e. The third-order valence-electron chi connectivity index (χ3n) is 7.74. The highest BCUT2D eigenvalue weighted by atomic mass is 16.5. The van der Waals surface area contributed by atoms with Crippen LogP contribution in [0, 0.1) is 5.92 Å². The fourth-order valence-electron chi connectivity index (χ4n) is 5.44. The molecule has 3 aromatic carbocycles. The number of rotatable bonds is 14. The van der Waals surface area contributed by atoms with E-state index in [1.165, 1.54) is 24.0 Å². The lowest BCUT2D eigenvalue weighted by atomic mass is 9.86. The molecule has 1 aliphatic rings. The predicted octanol–water partition coefficient (Wildman–Crippen LogP) is 6.06. The van der Waals surface area contributed by atoms with Gasteiger partial charge in [-0.25, -0.2) is 4.98 Å². The number of hydrogen-bond donors (Lipinski definition) is 2. The van der Waals surface area contributed by atoms with Crippen molar-refractivity contribution in [1.29, 1.82) is 0 Å². The lowest BCUT2D eigenvalue weighted by molar-refractivity contribution is -0.0288. The van der Waals surface area contributed by atoms with Gasteiger partial charge in [0.05, 0.1) is 31.4 Å². The summed E-state index contributed by atoms with van der Waals surface area (Å²) >= 11 is 0. The number of anilines is 2. The van der Waals surface area contributed by atoms with Gasteiger partial charge in [0.1, 0.15) is 5.82 Å². The van der Waals surface area contributed by atoms with E-state index in [-0.39, 0.29) is 6.10 Å². The average Bonchev–Trinajstić information content (AvgIpc) is 3.01. The smallest absolute Gasteiger partial charge is 0.225 e. The molecule has 7 nitrogen and oxygen atoms in total. The Bertz CT molecular complexity index is 1330. The van der Waals surface area contributed by atoms with Crippen molar-refractivity contribution in [2.24, 2.45) is 5.92 Å². The molecule has 0 bridgehead atoms. The molecule has 0 amide bonds. The van der Waals surface area contributed by atoms with Gasteiger partial charge in [-0.2, -0.15) is 4.98 Å². The fraction of sp³-hybridized carbons (Fsp3) is 0.412. The Morgan fingerprint density at radius 3 is 2.17 bits per heavy atom. The van der Waals surface area contributed by atoms with E-state index in [0.29, 0.717) is 31.8 Å². The average molecular weight is 554 g/mol. The van der Waals surface area contributed by atoms with Crippen LogP contribution < -0.4 is 15.5 Å². The van der Waals surface area contributed by atoms with Crippen molar-refractivity contribution in [3.8, 4) is 0 Å². The first-order valence-electron chi connectivity index (χ1n) is 14.8. The van der Waals surface area contributed by atoms with Crippen LogP contribution in [0.3, 0.4) is 0 Å². The number of benzene rings is 3. The molecule has 1 aromatic heterocycles. The summed E-state index contributed by atoms with van der Waals surface area (Å²) in [7, 11) is 4.06. The summed E-state index contributed by atoms with van der Waals surface area (Å²) in [6.07, 6.45) is 4.59. The molecule has 1 heterocycles. The number of ether oxygens (including phenoxy) is 2. The zero-order valence-electron chi connectivity index (χ0n) is 24.3. The summed E-state index contributed by atoms with van der Waals surface area (Å²) in [6, 6.07) is 29.3. The Kier molecular flexibility index (Phi) is 10.5. The molecule has 0 saturated heterocycles. The van der Waals surface area contributed by atoms with Crippen LogP contribution in [0.2, 0.25) is 0 Å². The number of aromatic nitrogens is 2. The Labute approximate surface area is 244 Å². The topological polar surface area (TPSA) is 71.5 Å². The number of hydrogen-bond acceptors (Lipinski definition) is 7. The molecule has 0 spiro atoms. The summed E-state index contributed by atoms with van der Waals surface area (Å²) in [5.74, 6) is 2.33. The second kappa shape index (κ2) is 14.9. The van der Waals surface area contributed by atoms with Gasteiger partial charge in [0.2, 0.25) is 5.95 Å². The lowest BCUT2D eigenvalue weighted by Crippen LogP contribution is -2.37. The molecule has 1 fully saturated rings. The first kappa shape index (κ1) is 29.0. The largest absolute Gasteiger partial charge is 0.374 e. The van der Waals surface area contributed by atoms with Gasteiger partial charge in [0, 0.05) is 32.1 Å². The van der Waals surface area contributed by atoms with Crippen LogP contribution in [-0.2, 0) is 22.7 Å². The molecule has 1 saturated carbocycles. The molecule has 1 atom stereocenters. The molecule has 0 aliphatic heterocycles. The van der Waals surface area contributed by atoms with Gasteiger partial charge in [0.15, 0.2) is 0 Å². The summed E-state index contributed by atoms with van der Waals surface area (Å²) in [6.45, 7) is 3.52. The Hall–Kier alpha value is -3.52. The zero-order valence-corrected chi connectivity index (χ0v) is 24.3. The monoisotopic (exact) mass is 553 g/mol. The normalized spacial score (nSPS) is 17.8. The summed E-state index contributed by atoms with van der Waals surface area (Å²) < 4.78 is 12.3. The summed E-state index contributed by atoms with van der Waals surface area (Å²) in [5, 5.41) is 8.39. The molecular formula is C34H43N5O2. The van der Waals surface area contributed by atoms with Crippen molar-refractivity contribution < 1.29 is 9.47 Å². The summed E-state index contributed by atoms with van der Waals surface area (Å²) in [4.78, 5) is 11.7.